The Morgan fingerprint density at radius 2 is 1.93 bits per heavy atom. The van der Waals surface area contributed by atoms with Gasteiger partial charge in [0.05, 0.1) is 6.61 Å². The summed E-state index contributed by atoms with van der Waals surface area (Å²) in [5, 5.41) is 19.3. The van der Waals surface area contributed by atoms with E-state index in [1.807, 2.05) is 30.3 Å². The number of nitrogens with zero attached hydrogens (tertiary/aromatic N) is 1. The summed E-state index contributed by atoms with van der Waals surface area (Å²) in [6.07, 6.45) is 0. The van der Waals surface area contributed by atoms with Crippen molar-refractivity contribution in [2.24, 2.45) is 0 Å². The molecule has 0 aliphatic carbocycles. The van der Waals surface area contributed by atoms with E-state index in [1.165, 1.54) is 4.90 Å². The molecule has 0 aromatic heterocycles. The summed E-state index contributed by atoms with van der Waals surface area (Å²) < 4.78 is 4.99. The number of rotatable bonds is 1. The van der Waals surface area contributed by atoms with Gasteiger partial charge in [0.25, 0.3) is 5.91 Å². The van der Waals surface area contributed by atoms with Crippen molar-refractivity contribution in [2.45, 2.75) is 5.91 Å². The molecule has 1 aromatic carbocycles. The van der Waals surface area contributed by atoms with Crippen LogP contribution < -0.4 is 4.90 Å². The fourth-order valence-electron chi connectivity index (χ4n) is 1.57. The number of morpholine rings is 1. The minimum absolute atomic E-state index is 0.0815. The van der Waals surface area contributed by atoms with Gasteiger partial charge in [0, 0.05) is 12.2 Å². The van der Waals surface area contributed by atoms with Gasteiger partial charge < -0.3 is 19.8 Å². The van der Waals surface area contributed by atoms with Crippen molar-refractivity contribution in [1.29, 1.82) is 0 Å². The van der Waals surface area contributed by atoms with Crippen LogP contribution in [0.4, 0.5) is 5.69 Å². The van der Waals surface area contributed by atoms with Gasteiger partial charge in [-0.2, -0.15) is 0 Å². The summed E-state index contributed by atoms with van der Waals surface area (Å²) in [6.45, 7) is 0.913. The first-order chi connectivity index (χ1) is 6.70. The molecule has 14 heavy (non-hydrogen) atoms. The first kappa shape index (κ1) is 9.45. The summed E-state index contributed by atoms with van der Waals surface area (Å²) in [7, 11) is 0. The molecule has 1 heterocycles. The Kier molecular flexibility index (Phi) is 2.41. The Labute approximate surface area is 82.3 Å². The predicted octanol–water partition coefficient (Wildman–Crippen LogP) is 0.162. The molecule has 0 spiro atoms. The number of aliphatic hydroxyl groups is 2. The number of para-hydroxylation sites is 1. The SMILES string of the molecule is OC1(O)COCCN1c1ccccc1. The van der Waals surface area contributed by atoms with Crippen LogP contribution in [-0.2, 0) is 4.74 Å². The maximum atomic E-state index is 9.64. The Hall–Kier alpha value is -1.10. The summed E-state index contributed by atoms with van der Waals surface area (Å²) in [6, 6.07) is 9.29. The summed E-state index contributed by atoms with van der Waals surface area (Å²) >= 11 is 0. The number of benzene rings is 1. The highest BCUT2D eigenvalue weighted by molar-refractivity contribution is 5.47. The van der Waals surface area contributed by atoms with Gasteiger partial charge in [-0.3, -0.25) is 0 Å². The van der Waals surface area contributed by atoms with Crippen molar-refractivity contribution >= 4 is 5.69 Å². The van der Waals surface area contributed by atoms with E-state index in [0.29, 0.717) is 13.2 Å². The second-order valence-corrected chi connectivity index (χ2v) is 3.31. The topological polar surface area (TPSA) is 52.9 Å². The van der Waals surface area contributed by atoms with E-state index in [-0.39, 0.29) is 6.61 Å². The molecule has 0 atom stereocenters. The van der Waals surface area contributed by atoms with Gasteiger partial charge in [-0.1, -0.05) is 18.2 Å². The smallest absolute Gasteiger partial charge is 0.271 e. The maximum absolute atomic E-state index is 9.64. The average molecular weight is 195 g/mol. The molecule has 1 aromatic rings. The van der Waals surface area contributed by atoms with Crippen LogP contribution in [0.5, 0.6) is 0 Å². The zero-order chi connectivity index (χ0) is 10.0. The molecule has 2 rings (SSSR count). The predicted molar refractivity (Wildman–Crippen MR) is 51.8 cm³/mol. The standard InChI is InChI=1S/C10H13NO3/c12-10(13)8-14-7-6-11(10)9-4-2-1-3-5-9/h1-5,12-13H,6-8H2. The van der Waals surface area contributed by atoms with Gasteiger partial charge in [0.2, 0.25) is 0 Å². The fourth-order valence-corrected chi connectivity index (χ4v) is 1.57. The van der Waals surface area contributed by atoms with Gasteiger partial charge in [-0.25, -0.2) is 0 Å². The zero-order valence-electron chi connectivity index (χ0n) is 7.76. The van der Waals surface area contributed by atoms with Crippen molar-refractivity contribution in [3.63, 3.8) is 0 Å². The molecular formula is C10H13NO3. The van der Waals surface area contributed by atoms with Crippen LogP contribution in [0.25, 0.3) is 0 Å². The largest absolute Gasteiger partial charge is 0.372 e. The molecule has 4 heteroatoms. The Bertz CT molecular complexity index is 299. The van der Waals surface area contributed by atoms with Crippen LogP contribution >= 0.6 is 0 Å². The third kappa shape index (κ3) is 1.72. The lowest BCUT2D eigenvalue weighted by Gasteiger charge is -2.40. The first-order valence-corrected chi connectivity index (χ1v) is 4.55. The molecule has 4 nitrogen and oxygen atoms in total. The fraction of sp³-hybridized carbons (Fsp3) is 0.400. The average Bonchev–Trinajstić information content (AvgIpc) is 2.18. The first-order valence-electron chi connectivity index (χ1n) is 4.55. The van der Waals surface area contributed by atoms with Gasteiger partial charge >= 0.3 is 0 Å². The van der Waals surface area contributed by atoms with Crippen LogP contribution in [0.1, 0.15) is 0 Å². The van der Waals surface area contributed by atoms with Crippen LogP contribution in [0.2, 0.25) is 0 Å². The van der Waals surface area contributed by atoms with E-state index < -0.39 is 5.91 Å². The molecule has 1 aliphatic rings. The zero-order valence-corrected chi connectivity index (χ0v) is 7.76. The summed E-state index contributed by atoms with van der Waals surface area (Å²) in [5.41, 5.74) is 0.792. The molecule has 2 N–H and O–H groups in total. The molecule has 0 saturated carbocycles. The highest BCUT2D eigenvalue weighted by Crippen LogP contribution is 2.22. The minimum atomic E-state index is -1.89. The third-order valence-corrected chi connectivity index (χ3v) is 2.26. The second kappa shape index (κ2) is 3.57. The van der Waals surface area contributed by atoms with Crippen molar-refractivity contribution in [2.75, 3.05) is 24.7 Å². The van der Waals surface area contributed by atoms with Crippen molar-refractivity contribution in [1.82, 2.24) is 0 Å². The van der Waals surface area contributed by atoms with Crippen LogP contribution in [0.3, 0.4) is 0 Å². The summed E-state index contributed by atoms with van der Waals surface area (Å²) in [5.74, 6) is -1.89. The quantitative estimate of drug-likeness (QED) is 0.627. The Balaban J connectivity index is 2.24. The lowest BCUT2D eigenvalue weighted by molar-refractivity contribution is -0.213. The van der Waals surface area contributed by atoms with Gasteiger partial charge in [-0.15, -0.1) is 0 Å². The van der Waals surface area contributed by atoms with E-state index in [1.54, 1.807) is 0 Å². The van der Waals surface area contributed by atoms with Gasteiger partial charge in [0.1, 0.15) is 6.61 Å². The lowest BCUT2D eigenvalue weighted by Crippen LogP contribution is -2.57. The van der Waals surface area contributed by atoms with Gasteiger partial charge in [-0.05, 0) is 12.1 Å². The minimum Gasteiger partial charge on any atom is -0.372 e. The van der Waals surface area contributed by atoms with E-state index >= 15 is 0 Å². The van der Waals surface area contributed by atoms with Crippen molar-refractivity contribution in [3.8, 4) is 0 Å². The highest BCUT2D eigenvalue weighted by atomic mass is 16.6. The molecule has 1 saturated heterocycles. The van der Waals surface area contributed by atoms with E-state index in [9.17, 15) is 10.2 Å². The normalized spacial score (nSPS) is 20.9. The second-order valence-electron chi connectivity index (χ2n) is 3.31. The molecule has 1 fully saturated rings. The molecule has 0 amide bonds. The van der Waals surface area contributed by atoms with Crippen LogP contribution in [0.15, 0.2) is 30.3 Å². The Morgan fingerprint density at radius 1 is 1.21 bits per heavy atom. The van der Waals surface area contributed by atoms with Crippen LogP contribution in [-0.4, -0.2) is 35.9 Å². The van der Waals surface area contributed by atoms with E-state index in [2.05, 4.69) is 0 Å². The van der Waals surface area contributed by atoms with E-state index in [0.717, 1.165) is 5.69 Å². The monoisotopic (exact) mass is 195 g/mol. The Morgan fingerprint density at radius 3 is 2.57 bits per heavy atom. The highest BCUT2D eigenvalue weighted by Gasteiger charge is 2.35. The van der Waals surface area contributed by atoms with Gasteiger partial charge in [0.15, 0.2) is 0 Å². The molecule has 0 radical (unpaired) electrons. The molecule has 76 valence electrons. The molecule has 0 bridgehead atoms. The van der Waals surface area contributed by atoms with Crippen molar-refractivity contribution in [3.05, 3.63) is 30.3 Å². The molecule has 1 aliphatic heterocycles. The lowest BCUT2D eigenvalue weighted by atomic mass is 10.2. The van der Waals surface area contributed by atoms with Crippen molar-refractivity contribution < 1.29 is 14.9 Å². The summed E-state index contributed by atoms with van der Waals surface area (Å²) in [4.78, 5) is 1.52. The number of hydrogen-bond acceptors (Lipinski definition) is 4. The number of ether oxygens (including phenoxy) is 1. The van der Waals surface area contributed by atoms with E-state index in [4.69, 9.17) is 4.74 Å². The number of hydrogen-bond donors (Lipinski definition) is 2. The van der Waals surface area contributed by atoms with Crippen LogP contribution in [0, 0.1) is 0 Å². The third-order valence-electron chi connectivity index (χ3n) is 2.26. The maximum Gasteiger partial charge on any atom is 0.271 e. The number of anilines is 1. The molecular weight excluding hydrogens is 182 g/mol. The molecule has 0 unspecified atom stereocenters.